The Bertz CT molecular complexity index is 599. The predicted octanol–water partition coefficient (Wildman–Crippen LogP) is 5.37. The SMILES string of the molecule is CNC(c1ccc(C)c(Cl)c1)c1cccc(Br)c1Cl. The Hall–Kier alpha value is -0.540. The molecule has 0 radical (unpaired) electrons. The summed E-state index contributed by atoms with van der Waals surface area (Å²) in [6, 6.07) is 12.0. The molecule has 0 fully saturated rings. The van der Waals surface area contributed by atoms with Gasteiger partial charge in [-0.3, -0.25) is 0 Å². The normalized spacial score (nSPS) is 12.5. The van der Waals surface area contributed by atoms with E-state index >= 15 is 0 Å². The van der Waals surface area contributed by atoms with Gasteiger partial charge in [-0.15, -0.1) is 0 Å². The molecule has 19 heavy (non-hydrogen) atoms. The molecule has 4 heteroatoms. The van der Waals surface area contributed by atoms with Crippen LogP contribution in [0.1, 0.15) is 22.7 Å². The lowest BCUT2D eigenvalue weighted by molar-refractivity contribution is 0.691. The van der Waals surface area contributed by atoms with E-state index in [9.17, 15) is 0 Å². The maximum atomic E-state index is 6.37. The fourth-order valence-corrected chi connectivity index (χ4v) is 2.84. The Morgan fingerprint density at radius 2 is 1.89 bits per heavy atom. The minimum absolute atomic E-state index is 0.0168. The molecule has 1 N–H and O–H groups in total. The molecule has 0 aromatic heterocycles. The predicted molar refractivity (Wildman–Crippen MR) is 86.2 cm³/mol. The minimum Gasteiger partial charge on any atom is -0.309 e. The lowest BCUT2D eigenvalue weighted by Gasteiger charge is -2.19. The van der Waals surface area contributed by atoms with Gasteiger partial charge in [0.05, 0.1) is 11.1 Å². The second-order valence-corrected chi connectivity index (χ2v) is 6.01. The molecule has 2 aromatic carbocycles. The Morgan fingerprint density at radius 3 is 2.53 bits per heavy atom. The first-order valence-electron chi connectivity index (χ1n) is 5.92. The standard InChI is InChI=1S/C15H14BrCl2N/c1-9-6-7-10(8-13(9)17)15(19-2)11-4-3-5-12(16)14(11)18/h3-8,15,19H,1-2H3. The molecule has 100 valence electrons. The molecule has 1 unspecified atom stereocenters. The zero-order valence-electron chi connectivity index (χ0n) is 10.7. The van der Waals surface area contributed by atoms with E-state index in [4.69, 9.17) is 23.2 Å². The van der Waals surface area contributed by atoms with Crippen molar-refractivity contribution in [3.05, 3.63) is 67.6 Å². The number of benzene rings is 2. The summed E-state index contributed by atoms with van der Waals surface area (Å²) >= 11 is 16.0. The summed E-state index contributed by atoms with van der Waals surface area (Å²) < 4.78 is 0.894. The fraction of sp³-hybridized carbons (Fsp3) is 0.200. The van der Waals surface area contributed by atoms with Crippen LogP contribution in [0, 0.1) is 6.92 Å². The van der Waals surface area contributed by atoms with Crippen LogP contribution in [-0.2, 0) is 0 Å². The Labute approximate surface area is 132 Å². The molecule has 1 atom stereocenters. The van der Waals surface area contributed by atoms with Crippen LogP contribution < -0.4 is 5.32 Å². The van der Waals surface area contributed by atoms with Gasteiger partial charge in [-0.25, -0.2) is 0 Å². The molecule has 0 heterocycles. The van der Waals surface area contributed by atoms with Crippen LogP contribution >= 0.6 is 39.1 Å². The summed E-state index contributed by atoms with van der Waals surface area (Å²) in [4.78, 5) is 0. The zero-order valence-corrected chi connectivity index (χ0v) is 13.8. The molecule has 2 aromatic rings. The Morgan fingerprint density at radius 1 is 1.16 bits per heavy atom. The van der Waals surface area contributed by atoms with Crippen LogP contribution in [0.3, 0.4) is 0 Å². The van der Waals surface area contributed by atoms with Crippen molar-refractivity contribution in [3.63, 3.8) is 0 Å². The van der Waals surface area contributed by atoms with Gasteiger partial charge in [0.2, 0.25) is 0 Å². The van der Waals surface area contributed by atoms with Crippen molar-refractivity contribution in [2.24, 2.45) is 0 Å². The van der Waals surface area contributed by atoms with Gasteiger partial charge in [0.1, 0.15) is 0 Å². The van der Waals surface area contributed by atoms with Crippen LogP contribution in [0.5, 0.6) is 0 Å². The third kappa shape index (κ3) is 3.14. The first-order chi connectivity index (χ1) is 9.04. The highest BCUT2D eigenvalue weighted by Gasteiger charge is 2.17. The fourth-order valence-electron chi connectivity index (χ4n) is 2.03. The van der Waals surface area contributed by atoms with Gasteiger partial charge in [0, 0.05) is 9.50 Å². The summed E-state index contributed by atoms with van der Waals surface area (Å²) in [5.41, 5.74) is 3.19. The third-order valence-corrected chi connectivity index (χ3v) is 4.83. The van der Waals surface area contributed by atoms with Crippen molar-refractivity contribution in [2.45, 2.75) is 13.0 Å². The van der Waals surface area contributed by atoms with Crippen molar-refractivity contribution >= 4 is 39.1 Å². The lowest BCUT2D eigenvalue weighted by Crippen LogP contribution is -2.18. The van der Waals surface area contributed by atoms with E-state index < -0.39 is 0 Å². The number of rotatable bonds is 3. The molecular formula is C15H14BrCl2N. The maximum Gasteiger partial charge on any atom is 0.0599 e. The molecule has 0 saturated carbocycles. The van der Waals surface area contributed by atoms with Crippen molar-refractivity contribution < 1.29 is 0 Å². The minimum atomic E-state index is 0.0168. The van der Waals surface area contributed by atoms with Crippen LogP contribution in [0.2, 0.25) is 10.0 Å². The third-order valence-electron chi connectivity index (χ3n) is 3.11. The largest absolute Gasteiger partial charge is 0.309 e. The Balaban J connectivity index is 2.50. The second kappa shape index (κ2) is 6.27. The highest BCUT2D eigenvalue weighted by atomic mass is 79.9. The summed E-state index contributed by atoms with van der Waals surface area (Å²) in [5, 5.41) is 4.77. The molecule has 0 aliphatic rings. The first kappa shape index (κ1) is 14.9. The summed E-state index contributed by atoms with van der Waals surface area (Å²) in [6.07, 6.45) is 0. The van der Waals surface area contributed by atoms with Crippen molar-refractivity contribution in [1.82, 2.24) is 5.32 Å². The van der Waals surface area contributed by atoms with Gasteiger partial charge in [-0.05, 0) is 58.7 Å². The van der Waals surface area contributed by atoms with Crippen LogP contribution in [-0.4, -0.2) is 7.05 Å². The van der Waals surface area contributed by atoms with Crippen LogP contribution in [0.15, 0.2) is 40.9 Å². The van der Waals surface area contributed by atoms with Gasteiger partial charge < -0.3 is 5.32 Å². The monoisotopic (exact) mass is 357 g/mol. The summed E-state index contributed by atoms with van der Waals surface area (Å²) in [7, 11) is 1.91. The average Bonchev–Trinajstić information content (AvgIpc) is 2.39. The van der Waals surface area contributed by atoms with Gasteiger partial charge in [-0.2, -0.15) is 0 Å². The first-order valence-corrected chi connectivity index (χ1v) is 7.46. The van der Waals surface area contributed by atoms with Crippen LogP contribution in [0.4, 0.5) is 0 Å². The molecule has 2 rings (SSSR count). The molecule has 0 bridgehead atoms. The van der Waals surface area contributed by atoms with Crippen molar-refractivity contribution in [2.75, 3.05) is 7.05 Å². The van der Waals surface area contributed by atoms with E-state index in [2.05, 4.69) is 27.3 Å². The van der Waals surface area contributed by atoms with E-state index in [1.54, 1.807) is 0 Å². The average molecular weight is 359 g/mol. The number of hydrogen-bond acceptors (Lipinski definition) is 1. The highest BCUT2D eigenvalue weighted by Crippen LogP contribution is 2.34. The highest BCUT2D eigenvalue weighted by molar-refractivity contribution is 9.10. The van der Waals surface area contributed by atoms with Gasteiger partial charge in [0.15, 0.2) is 0 Å². The smallest absolute Gasteiger partial charge is 0.0599 e. The van der Waals surface area contributed by atoms with Crippen molar-refractivity contribution in [1.29, 1.82) is 0 Å². The molecule has 1 nitrogen and oxygen atoms in total. The molecule has 0 spiro atoms. The molecule has 0 aliphatic heterocycles. The van der Waals surface area contributed by atoms with E-state index in [-0.39, 0.29) is 6.04 Å². The van der Waals surface area contributed by atoms with Gasteiger partial charge in [0.25, 0.3) is 0 Å². The van der Waals surface area contributed by atoms with Gasteiger partial charge >= 0.3 is 0 Å². The van der Waals surface area contributed by atoms with Gasteiger partial charge in [-0.1, -0.05) is 47.5 Å². The Kier molecular flexibility index (Phi) is 4.91. The van der Waals surface area contributed by atoms with E-state index in [0.717, 1.165) is 31.2 Å². The summed E-state index contributed by atoms with van der Waals surface area (Å²) in [6.45, 7) is 1.99. The van der Waals surface area contributed by atoms with E-state index in [1.807, 2.05) is 44.3 Å². The number of aryl methyl sites for hydroxylation is 1. The second-order valence-electron chi connectivity index (χ2n) is 4.37. The molecule has 0 aliphatic carbocycles. The number of halogens is 3. The number of hydrogen-bond donors (Lipinski definition) is 1. The topological polar surface area (TPSA) is 12.0 Å². The summed E-state index contributed by atoms with van der Waals surface area (Å²) in [5.74, 6) is 0. The van der Waals surface area contributed by atoms with Crippen molar-refractivity contribution in [3.8, 4) is 0 Å². The zero-order chi connectivity index (χ0) is 14.0. The quantitative estimate of drug-likeness (QED) is 0.777. The van der Waals surface area contributed by atoms with E-state index in [1.165, 1.54) is 0 Å². The maximum absolute atomic E-state index is 6.37. The van der Waals surface area contributed by atoms with E-state index in [0.29, 0.717) is 0 Å². The lowest BCUT2D eigenvalue weighted by atomic mass is 9.98. The van der Waals surface area contributed by atoms with Crippen LogP contribution in [0.25, 0.3) is 0 Å². The number of nitrogens with one attached hydrogen (secondary N) is 1. The molecular weight excluding hydrogens is 345 g/mol. The molecule has 0 saturated heterocycles. The molecule has 0 amide bonds.